The monoisotopic (exact) mass is 403 g/mol. The Morgan fingerprint density at radius 1 is 1.07 bits per heavy atom. The summed E-state index contributed by atoms with van der Waals surface area (Å²) < 4.78 is 18.6. The number of aryl methyl sites for hydroxylation is 1. The SMILES string of the molecule is COc1ccc2c(c1)CC[C@@H]1[C@@H]2CC[C@@]2(C)[C@H]1CC[C@@]2(O)C#Cc1ccc([18F])cc1. The van der Waals surface area contributed by atoms with Crippen LogP contribution >= 0.6 is 0 Å². The molecule has 0 unspecified atom stereocenters. The van der Waals surface area contributed by atoms with Gasteiger partial charge in [-0.25, -0.2) is 4.39 Å². The maximum atomic E-state index is 13.2. The number of rotatable bonds is 1. The minimum absolute atomic E-state index is 0.189. The molecule has 0 spiro atoms. The number of halogens is 1. The Morgan fingerprint density at radius 3 is 2.63 bits per heavy atom. The fraction of sp³-hybridized carbons (Fsp3) is 0.481. The molecule has 2 aromatic rings. The Morgan fingerprint density at radius 2 is 1.87 bits per heavy atom. The second-order valence-electron chi connectivity index (χ2n) is 9.59. The lowest BCUT2D eigenvalue weighted by Gasteiger charge is -2.52. The second kappa shape index (κ2) is 7.13. The van der Waals surface area contributed by atoms with E-state index in [4.69, 9.17) is 4.74 Å². The molecule has 3 aliphatic rings. The standard InChI is InChI=1S/C27H29FO2/c1-26-14-12-23-22-10-8-21(30-2)17-19(22)5-9-24(23)25(26)13-16-27(26,29)15-11-18-3-6-20(28)7-4-18/h3-4,6-8,10,17,23-25,29H,5,9,12-14,16H2,1-2H3/t23-,24-,25+,26+,27+/m1/s1/i28-1. The van der Waals surface area contributed by atoms with Gasteiger partial charge in [0.1, 0.15) is 17.2 Å². The zero-order valence-corrected chi connectivity index (χ0v) is 17.7. The summed E-state index contributed by atoms with van der Waals surface area (Å²) in [7, 11) is 1.73. The molecule has 0 radical (unpaired) electrons. The zero-order valence-electron chi connectivity index (χ0n) is 17.7. The van der Waals surface area contributed by atoms with Gasteiger partial charge in [-0.15, -0.1) is 0 Å². The molecule has 156 valence electrons. The van der Waals surface area contributed by atoms with Crippen LogP contribution in [0.2, 0.25) is 0 Å². The summed E-state index contributed by atoms with van der Waals surface area (Å²) in [6.45, 7) is 2.25. The van der Waals surface area contributed by atoms with Crippen LogP contribution in [0.4, 0.5) is 4.39 Å². The maximum absolute atomic E-state index is 13.2. The number of fused-ring (bicyclic) bond motifs is 5. The normalized spacial score (nSPS) is 34.2. The molecule has 1 N–H and O–H groups in total. The van der Waals surface area contributed by atoms with E-state index in [9.17, 15) is 9.50 Å². The Labute approximate surface area is 178 Å². The third kappa shape index (κ3) is 2.96. The van der Waals surface area contributed by atoms with Crippen LogP contribution < -0.4 is 4.74 Å². The topological polar surface area (TPSA) is 29.5 Å². The van der Waals surface area contributed by atoms with E-state index in [1.807, 2.05) is 0 Å². The Hall–Kier alpha value is -2.31. The molecule has 0 aromatic heterocycles. The average Bonchev–Trinajstić information content (AvgIpc) is 3.04. The minimum Gasteiger partial charge on any atom is -0.497 e. The zero-order chi connectivity index (χ0) is 20.9. The molecular formula is C27H29FO2. The summed E-state index contributed by atoms with van der Waals surface area (Å²) in [6, 6.07) is 12.8. The molecule has 3 aliphatic carbocycles. The number of hydrogen-bond donors (Lipinski definition) is 1. The van der Waals surface area contributed by atoms with Crippen molar-refractivity contribution in [3.05, 3.63) is 65.0 Å². The molecule has 2 fully saturated rings. The molecule has 0 heterocycles. The quantitative estimate of drug-likeness (QED) is 0.640. The first-order chi connectivity index (χ1) is 14.4. The molecule has 5 atom stereocenters. The first-order valence-electron chi connectivity index (χ1n) is 11.1. The van der Waals surface area contributed by atoms with E-state index < -0.39 is 5.60 Å². The lowest BCUT2D eigenvalue weighted by molar-refractivity contribution is -0.0647. The van der Waals surface area contributed by atoms with Crippen LogP contribution in [0, 0.1) is 34.9 Å². The van der Waals surface area contributed by atoms with Crippen molar-refractivity contribution < 1.29 is 14.2 Å². The third-order valence-electron chi connectivity index (χ3n) is 8.34. The van der Waals surface area contributed by atoms with Crippen molar-refractivity contribution >= 4 is 0 Å². The van der Waals surface area contributed by atoms with Gasteiger partial charge in [0.2, 0.25) is 0 Å². The highest BCUT2D eigenvalue weighted by Gasteiger charge is 2.61. The fourth-order valence-corrected chi connectivity index (χ4v) is 6.62. The van der Waals surface area contributed by atoms with Crippen molar-refractivity contribution in [2.45, 2.75) is 57.0 Å². The van der Waals surface area contributed by atoms with Crippen molar-refractivity contribution in [2.24, 2.45) is 17.3 Å². The highest BCUT2D eigenvalue weighted by atomic mass is 18.2. The van der Waals surface area contributed by atoms with Gasteiger partial charge in [-0.1, -0.05) is 24.8 Å². The summed E-state index contributed by atoms with van der Waals surface area (Å²) in [5.41, 5.74) is 2.51. The lowest BCUT2D eigenvalue weighted by Crippen LogP contribution is -2.50. The number of aliphatic hydroxyl groups is 1. The van der Waals surface area contributed by atoms with E-state index in [1.165, 1.54) is 29.7 Å². The Kier molecular flexibility index (Phi) is 4.67. The predicted octanol–water partition coefficient (Wildman–Crippen LogP) is 5.47. The van der Waals surface area contributed by atoms with Gasteiger partial charge < -0.3 is 9.84 Å². The van der Waals surface area contributed by atoms with Crippen molar-refractivity contribution in [1.82, 2.24) is 0 Å². The third-order valence-corrected chi connectivity index (χ3v) is 8.34. The molecule has 30 heavy (non-hydrogen) atoms. The molecule has 0 aliphatic heterocycles. The smallest absolute Gasteiger partial charge is 0.131 e. The molecule has 0 amide bonds. The molecule has 2 aromatic carbocycles. The number of hydrogen-bond acceptors (Lipinski definition) is 2. The van der Waals surface area contributed by atoms with Gasteiger partial charge in [-0.3, -0.25) is 0 Å². The Bertz CT molecular complexity index is 1020. The first-order valence-corrected chi connectivity index (χ1v) is 11.1. The molecule has 3 heteroatoms. The maximum Gasteiger partial charge on any atom is 0.131 e. The number of benzene rings is 2. The summed E-state index contributed by atoms with van der Waals surface area (Å²) in [5.74, 6) is 8.70. The molecule has 0 saturated heterocycles. The van der Waals surface area contributed by atoms with E-state index in [-0.39, 0.29) is 11.2 Å². The summed E-state index contributed by atoms with van der Waals surface area (Å²) in [4.78, 5) is 0. The van der Waals surface area contributed by atoms with Crippen molar-refractivity contribution in [3.63, 3.8) is 0 Å². The van der Waals surface area contributed by atoms with Crippen molar-refractivity contribution in [3.8, 4) is 17.6 Å². The van der Waals surface area contributed by atoms with Crippen molar-refractivity contribution in [2.75, 3.05) is 7.11 Å². The van der Waals surface area contributed by atoms with Crippen LogP contribution in [0.25, 0.3) is 0 Å². The second-order valence-corrected chi connectivity index (χ2v) is 9.59. The van der Waals surface area contributed by atoms with Gasteiger partial charge in [-0.2, -0.15) is 0 Å². The van der Waals surface area contributed by atoms with Crippen molar-refractivity contribution in [1.29, 1.82) is 0 Å². The lowest BCUT2D eigenvalue weighted by atomic mass is 9.53. The molecule has 0 bridgehead atoms. The summed E-state index contributed by atoms with van der Waals surface area (Å²) in [6.07, 6.45) is 6.09. The highest BCUT2D eigenvalue weighted by Crippen LogP contribution is 2.64. The molecule has 2 saturated carbocycles. The van der Waals surface area contributed by atoms with E-state index in [0.717, 1.165) is 43.4 Å². The minimum atomic E-state index is -0.975. The van der Waals surface area contributed by atoms with E-state index in [2.05, 4.69) is 37.0 Å². The van der Waals surface area contributed by atoms with Crippen LogP contribution in [0.15, 0.2) is 42.5 Å². The van der Waals surface area contributed by atoms with E-state index in [1.54, 1.807) is 19.2 Å². The van der Waals surface area contributed by atoms with Gasteiger partial charge in [0.05, 0.1) is 7.11 Å². The van der Waals surface area contributed by atoms with Gasteiger partial charge >= 0.3 is 0 Å². The van der Waals surface area contributed by atoms with E-state index >= 15 is 0 Å². The molecular weight excluding hydrogens is 374 g/mol. The number of ether oxygens (including phenoxy) is 1. The summed E-state index contributed by atoms with van der Waals surface area (Å²) >= 11 is 0. The highest BCUT2D eigenvalue weighted by molar-refractivity contribution is 5.42. The van der Waals surface area contributed by atoms with Crippen LogP contribution in [0.3, 0.4) is 0 Å². The average molecular weight is 404 g/mol. The van der Waals surface area contributed by atoms with Gasteiger partial charge in [-0.05, 0) is 104 Å². The van der Waals surface area contributed by atoms with Crippen LogP contribution in [-0.4, -0.2) is 17.8 Å². The predicted molar refractivity (Wildman–Crippen MR) is 116 cm³/mol. The van der Waals surface area contributed by atoms with Gasteiger partial charge in [0, 0.05) is 11.0 Å². The number of methoxy groups -OCH3 is 1. The van der Waals surface area contributed by atoms with Crippen LogP contribution in [0.1, 0.15) is 61.6 Å². The molecule has 2 nitrogen and oxygen atoms in total. The van der Waals surface area contributed by atoms with E-state index in [0.29, 0.717) is 17.8 Å². The van der Waals surface area contributed by atoms with Gasteiger partial charge in [0.15, 0.2) is 0 Å². The first kappa shape index (κ1) is 19.6. The van der Waals surface area contributed by atoms with Crippen LogP contribution in [0.5, 0.6) is 5.75 Å². The largest absolute Gasteiger partial charge is 0.497 e. The summed E-state index contributed by atoms with van der Waals surface area (Å²) in [5, 5.41) is 11.7. The van der Waals surface area contributed by atoms with Crippen LogP contribution in [-0.2, 0) is 6.42 Å². The van der Waals surface area contributed by atoms with Gasteiger partial charge in [0.25, 0.3) is 0 Å². The Balaban J connectivity index is 1.43. The molecule has 5 rings (SSSR count). The fourth-order valence-electron chi connectivity index (χ4n) is 6.62.